The zero-order valence-electron chi connectivity index (χ0n) is 11.9. The summed E-state index contributed by atoms with van der Waals surface area (Å²) in [6, 6.07) is 0. The fourth-order valence-electron chi connectivity index (χ4n) is 1.82. The third-order valence-corrected chi connectivity index (χ3v) is 3.28. The average molecular weight is 265 g/mol. The molecule has 1 atom stereocenters. The fraction of sp³-hybridized carbons (Fsp3) is 0.692. The topological polar surface area (TPSA) is 93.8 Å². The quantitative estimate of drug-likeness (QED) is 0.780. The van der Waals surface area contributed by atoms with Crippen molar-refractivity contribution in [2.75, 3.05) is 11.9 Å². The first-order valence-corrected chi connectivity index (χ1v) is 6.74. The van der Waals surface area contributed by atoms with Gasteiger partial charge >= 0.3 is 0 Å². The van der Waals surface area contributed by atoms with E-state index in [9.17, 15) is 4.79 Å². The first-order chi connectivity index (χ1) is 9.06. The molecule has 1 heterocycles. The molecule has 0 radical (unpaired) electrons. The maximum absolute atomic E-state index is 11.8. The summed E-state index contributed by atoms with van der Waals surface area (Å²) in [5, 5.41) is 10.5. The number of nitrogens with zero attached hydrogens (tertiary/aromatic N) is 3. The number of aryl methyl sites for hydroxylation is 2. The highest BCUT2D eigenvalue weighted by molar-refractivity contribution is 5.88. The van der Waals surface area contributed by atoms with Gasteiger partial charge < -0.3 is 5.73 Å². The van der Waals surface area contributed by atoms with Gasteiger partial charge in [-0.15, -0.1) is 5.10 Å². The molecule has 19 heavy (non-hydrogen) atoms. The van der Waals surface area contributed by atoms with Gasteiger partial charge in [-0.3, -0.25) is 10.1 Å². The Bertz CT molecular complexity index is 421. The predicted molar refractivity (Wildman–Crippen MR) is 74.6 cm³/mol. The van der Waals surface area contributed by atoms with Crippen molar-refractivity contribution in [1.82, 2.24) is 15.2 Å². The maximum atomic E-state index is 11.8. The zero-order chi connectivity index (χ0) is 14.3. The molecular formula is C13H23N5O. The largest absolute Gasteiger partial charge is 0.330 e. The molecule has 0 fully saturated rings. The van der Waals surface area contributed by atoms with Crippen LogP contribution < -0.4 is 11.1 Å². The van der Waals surface area contributed by atoms with Crippen molar-refractivity contribution in [3.05, 3.63) is 11.4 Å². The minimum atomic E-state index is -0.0690. The molecule has 0 spiro atoms. The van der Waals surface area contributed by atoms with Gasteiger partial charge in [-0.1, -0.05) is 13.3 Å². The van der Waals surface area contributed by atoms with Crippen LogP contribution in [-0.4, -0.2) is 27.6 Å². The Morgan fingerprint density at radius 2 is 2.00 bits per heavy atom. The molecular weight excluding hydrogens is 242 g/mol. The minimum Gasteiger partial charge on any atom is -0.330 e. The number of rotatable bonds is 7. The van der Waals surface area contributed by atoms with Gasteiger partial charge in [0.1, 0.15) is 0 Å². The first kappa shape index (κ1) is 15.5. The predicted octanol–water partition coefficient (Wildman–Crippen LogP) is 1.58. The zero-order valence-corrected chi connectivity index (χ0v) is 11.9. The Labute approximate surface area is 114 Å². The van der Waals surface area contributed by atoms with E-state index in [1.54, 1.807) is 0 Å². The standard InChI is InChI=1S/C13H23N5O/c1-4-11(7-8-14)5-6-12(19)16-13-15-9(2)10(3)17-18-13/h11H,4-8,14H2,1-3H3,(H,15,16,18,19). The van der Waals surface area contributed by atoms with E-state index in [1.165, 1.54) is 0 Å². The van der Waals surface area contributed by atoms with Crippen molar-refractivity contribution in [3.63, 3.8) is 0 Å². The van der Waals surface area contributed by atoms with E-state index >= 15 is 0 Å². The third-order valence-electron chi connectivity index (χ3n) is 3.28. The lowest BCUT2D eigenvalue weighted by molar-refractivity contribution is -0.116. The molecule has 106 valence electrons. The van der Waals surface area contributed by atoms with Gasteiger partial charge in [-0.2, -0.15) is 5.10 Å². The second-order valence-corrected chi connectivity index (χ2v) is 4.74. The van der Waals surface area contributed by atoms with E-state index in [4.69, 9.17) is 5.73 Å². The Morgan fingerprint density at radius 1 is 1.26 bits per heavy atom. The molecule has 0 saturated heterocycles. The second kappa shape index (κ2) is 7.78. The molecule has 0 aromatic carbocycles. The highest BCUT2D eigenvalue weighted by atomic mass is 16.1. The fourth-order valence-corrected chi connectivity index (χ4v) is 1.82. The van der Waals surface area contributed by atoms with Crippen molar-refractivity contribution in [2.24, 2.45) is 11.7 Å². The molecule has 6 heteroatoms. The summed E-state index contributed by atoms with van der Waals surface area (Å²) in [5.41, 5.74) is 7.08. The maximum Gasteiger partial charge on any atom is 0.249 e. The molecule has 0 saturated carbocycles. The lowest BCUT2D eigenvalue weighted by atomic mass is 9.96. The monoisotopic (exact) mass is 265 g/mol. The van der Waals surface area contributed by atoms with E-state index < -0.39 is 0 Å². The number of anilines is 1. The first-order valence-electron chi connectivity index (χ1n) is 6.74. The van der Waals surface area contributed by atoms with Gasteiger partial charge in [-0.25, -0.2) is 4.98 Å². The summed E-state index contributed by atoms with van der Waals surface area (Å²) in [6.45, 7) is 6.46. The molecule has 0 bridgehead atoms. The van der Waals surface area contributed by atoms with E-state index in [1.807, 2.05) is 13.8 Å². The van der Waals surface area contributed by atoms with Crippen LogP contribution in [0.4, 0.5) is 5.95 Å². The molecule has 0 aliphatic heterocycles. The molecule has 6 nitrogen and oxygen atoms in total. The van der Waals surface area contributed by atoms with E-state index in [-0.39, 0.29) is 11.9 Å². The number of amides is 1. The molecule has 1 unspecified atom stereocenters. The van der Waals surface area contributed by atoms with Gasteiger partial charge in [0.25, 0.3) is 0 Å². The van der Waals surface area contributed by atoms with Crippen molar-refractivity contribution < 1.29 is 4.79 Å². The lowest BCUT2D eigenvalue weighted by Crippen LogP contribution is -2.17. The number of carbonyl (C=O) groups is 1. The van der Waals surface area contributed by atoms with Crippen molar-refractivity contribution in [2.45, 2.75) is 46.5 Å². The number of hydrogen-bond acceptors (Lipinski definition) is 5. The van der Waals surface area contributed by atoms with Gasteiger partial charge in [0, 0.05) is 6.42 Å². The van der Waals surface area contributed by atoms with Crippen LogP contribution in [0, 0.1) is 19.8 Å². The second-order valence-electron chi connectivity index (χ2n) is 4.74. The van der Waals surface area contributed by atoms with Gasteiger partial charge in [0.2, 0.25) is 11.9 Å². The molecule has 1 amide bonds. The summed E-state index contributed by atoms with van der Waals surface area (Å²) < 4.78 is 0. The van der Waals surface area contributed by atoms with Crippen LogP contribution in [0.1, 0.15) is 44.0 Å². The Morgan fingerprint density at radius 3 is 2.58 bits per heavy atom. The number of hydrogen-bond donors (Lipinski definition) is 2. The molecule has 0 aliphatic rings. The van der Waals surface area contributed by atoms with Crippen LogP contribution in [0.3, 0.4) is 0 Å². The summed E-state index contributed by atoms with van der Waals surface area (Å²) in [5.74, 6) is 0.718. The van der Waals surface area contributed by atoms with Crippen LogP contribution in [0.15, 0.2) is 0 Å². The highest BCUT2D eigenvalue weighted by Gasteiger charge is 2.10. The minimum absolute atomic E-state index is 0.0690. The molecule has 1 aromatic rings. The van der Waals surface area contributed by atoms with Crippen LogP contribution >= 0.6 is 0 Å². The summed E-state index contributed by atoms with van der Waals surface area (Å²) >= 11 is 0. The normalized spacial score (nSPS) is 12.2. The number of carbonyl (C=O) groups excluding carboxylic acids is 1. The van der Waals surface area contributed by atoms with Gasteiger partial charge in [0.05, 0.1) is 11.4 Å². The highest BCUT2D eigenvalue weighted by Crippen LogP contribution is 2.14. The van der Waals surface area contributed by atoms with Crippen LogP contribution in [0.25, 0.3) is 0 Å². The summed E-state index contributed by atoms with van der Waals surface area (Å²) in [7, 11) is 0. The average Bonchev–Trinajstić information content (AvgIpc) is 2.39. The Kier molecular flexibility index (Phi) is 6.35. The van der Waals surface area contributed by atoms with Gasteiger partial charge in [0.15, 0.2) is 0 Å². The van der Waals surface area contributed by atoms with E-state index in [0.717, 1.165) is 30.7 Å². The number of nitrogens with one attached hydrogen (secondary N) is 1. The van der Waals surface area contributed by atoms with Crippen molar-refractivity contribution >= 4 is 11.9 Å². The number of nitrogens with two attached hydrogens (primary N) is 1. The summed E-state index contributed by atoms with van der Waals surface area (Å²) in [4.78, 5) is 16.0. The van der Waals surface area contributed by atoms with Crippen molar-refractivity contribution in [1.29, 1.82) is 0 Å². The SMILES string of the molecule is CCC(CCN)CCC(=O)Nc1nnc(C)c(C)n1. The number of aromatic nitrogens is 3. The van der Waals surface area contributed by atoms with E-state index in [0.29, 0.717) is 18.9 Å². The Balaban J connectivity index is 2.44. The summed E-state index contributed by atoms with van der Waals surface area (Å²) in [6.07, 6.45) is 3.32. The smallest absolute Gasteiger partial charge is 0.249 e. The van der Waals surface area contributed by atoms with Crippen LogP contribution in [0.2, 0.25) is 0 Å². The van der Waals surface area contributed by atoms with Crippen LogP contribution in [-0.2, 0) is 4.79 Å². The lowest BCUT2D eigenvalue weighted by Gasteiger charge is -2.12. The van der Waals surface area contributed by atoms with Crippen LogP contribution in [0.5, 0.6) is 0 Å². The molecule has 1 rings (SSSR count). The van der Waals surface area contributed by atoms with Gasteiger partial charge in [-0.05, 0) is 39.2 Å². The molecule has 3 N–H and O–H groups in total. The Hall–Kier alpha value is -1.56. The molecule has 0 aliphatic carbocycles. The third kappa shape index (κ3) is 5.30. The van der Waals surface area contributed by atoms with E-state index in [2.05, 4.69) is 27.4 Å². The molecule has 1 aromatic heterocycles. The van der Waals surface area contributed by atoms with Crippen molar-refractivity contribution in [3.8, 4) is 0 Å².